The van der Waals surface area contributed by atoms with Crippen LogP contribution in [0.4, 0.5) is 5.69 Å². The number of hydrogen-bond acceptors (Lipinski definition) is 3. The quantitative estimate of drug-likeness (QED) is 0.872. The molecule has 0 radical (unpaired) electrons. The summed E-state index contributed by atoms with van der Waals surface area (Å²) in [6.45, 7) is 3.81. The van der Waals surface area contributed by atoms with Gasteiger partial charge in [0.15, 0.2) is 0 Å². The lowest BCUT2D eigenvalue weighted by Crippen LogP contribution is -2.39. The van der Waals surface area contributed by atoms with Gasteiger partial charge >= 0.3 is 0 Å². The van der Waals surface area contributed by atoms with Crippen LogP contribution < -0.4 is 4.90 Å². The Morgan fingerprint density at radius 2 is 2.26 bits per heavy atom. The summed E-state index contributed by atoms with van der Waals surface area (Å²) in [7, 11) is 1.96. The third-order valence-electron chi connectivity index (χ3n) is 3.53. The fraction of sp³-hybridized carbons (Fsp3) is 0.533. The topological polar surface area (TPSA) is 43.8 Å². The summed E-state index contributed by atoms with van der Waals surface area (Å²) in [6.07, 6.45) is 1.03. The van der Waals surface area contributed by atoms with E-state index < -0.39 is 6.10 Å². The van der Waals surface area contributed by atoms with Crippen molar-refractivity contribution in [3.05, 3.63) is 29.8 Å². The normalized spacial score (nSPS) is 16.8. The molecule has 1 fully saturated rings. The van der Waals surface area contributed by atoms with Gasteiger partial charge in [-0.1, -0.05) is 12.1 Å². The van der Waals surface area contributed by atoms with Gasteiger partial charge in [-0.15, -0.1) is 0 Å². The molecule has 4 nitrogen and oxygen atoms in total. The van der Waals surface area contributed by atoms with E-state index in [4.69, 9.17) is 0 Å². The highest BCUT2D eigenvalue weighted by atomic mass is 16.3. The Morgan fingerprint density at radius 1 is 1.47 bits per heavy atom. The first-order chi connectivity index (χ1) is 9.06. The molecule has 1 aliphatic heterocycles. The second-order valence-electron chi connectivity index (χ2n) is 5.32. The van der Waals surface area contributed by atoms with Crippen molar-refractivity contribution in [2.24, 2.45) is 0 Å². The zero-order chi connectivity index (χ0) is 13.8. The summed E-state index contributed by atoms with van der Waals surface area (Å²) < 4.78 is 0. The average Bonchev–Trinajstić information content (AvgIpc) is 2.75. The van der Waals surface area contributed by atoms with Gasteiger partial charge in [0, 0.05) is 38.8 Å². The van der Waals surface area contributed by atoms with Gasteiger partial charge in [-0.3, -0.25) is 4.79 Å². The Labute approximate surface area is 114 Å². The van der Waals surface area contributed by atoms with Crippen LogP contribution in [-0.2, 0) is 4.79 Å². The number of amides is 1. The molecular weight excluding hydrogens is 240 g/mol. The van der Waals surface area contributed by atoms with Crippen LogP contribution in [0.2, 0.25) is 0 Å². The van der Waals surface area contributed by atoms with Gasteiger partial charge in [0.25, 0.3) is 0 Å². The van der Waals surface area contributed by atoms with E-state index in [0.29, 0.717) is 19.5 Å². The van der Waals surface area contributed by atoms with Crippen molar-refractivity contribution in [2.45, 2.75) is 25.9 Å². The number of rotatable bonds is 5. The molecule has 1 aliphatic rings. The maximum absolute atomic E-state index is 11.5. The molecule has 1 amide bonds. The number of likely N-dealkylation sites (N-methyl/N-ethyl adjacent to an activating group) is 1. The van der Waals surface area contributed by atoms with Crippen LogP contribution >= 0.6 is 0 Å². The summed E-state index contributed by atoms with van der Waals surface area (Å²) in [5.74, 6) is 0.164. The number of benzene rings is 1. The summed E-state index contributed by atoms with van der Waals surface area (Å²) in [5.41, 5.74) is 2.29. The fourth-order valence-corrected chi connectivity index (χ4v) is 2.50. The van der Waals surface area contributed by atoms with E-state index in [2.05, 4.69) is 19.1 Å². The van der Waals surface area contributed by atoms with Crippen molar-refractivity contribution < 1.29 is 9.90 Å². The third-order valence-corrected chi connectivity index (χ3v) is 3.53. The maximum Gasteiger partial charge on any atom is 0.222 e. The molecule has 0 bridgehead atoms. The number of hydrogen-bond donors (Lipinski definition) is 1. The van der Waals surface area contributed by atoms with E-state index in [9.17, 15) is 9.90 Å². The van der Waals surface area contributed by atoms with Gasteiger partial charge in [-0.25, -0.2) is 0 Å². The Kier molecular flexibility index (Phi) is 4.43. The minimum Gasteiger partial charge on any atom is -0.389 e. The van der Waals surface area contributed by atoms with E-state index in [-0.39, 0.29) is 5.91 Å². The minimum absolute atomic E-state index is 0.164. The summed E-state index contributed by atoms with van der Waals surface area (Å²) in [5, 5.41) is 10.1. The molecule has 19 heavy (non-hydrogen) atoms. The standard InChI is InChI=1S/C15H22N2O2/c1-12-5-3-6-13(9-12)16(2)10-14(18)11-17-8-4-7-15(17)19/h3,5-6,9,14,18H,4,7-8,10-11H2,1-2H3. The zero-order valence-electron chi connectivity index (χ0n) is 11.7. The van der Waals surface area contributed by atoms with E-state index in [0.717, 1.165) is 18.7 Å². The molecule has 1 unspecified atom stereocenters. The van der Waals surface area contributed by atoms with E-state index >= 15 is 0 Å². The molecule has 1 saturated heterocycles. The second kappa shape index (κ2) is 6.06. The summed E-state index contributed by atoms with van der Waals surface area (Å²) >= 11 is 0. The van der Waals surface area contributed by atoms with E-state index in [1.807, 2.05) is 24.1 Å². The molecule has 0 aromatic heterocycles. The molecule has 0 aliphatic carbocycles. The molecule has 1 aromatic carbocycles. The van der Waals surface area contributed by atoms with E-state index in [1.165, 1.54) is 5.56 Å². The van der Waals surface area contributed by atoms with Gasteiger partial charge in [0.1, 0.15) is 0 Å². The number of carbonyl (C=O) groups is 1. The molecule has 0 saturated carbocycles. The summed E-state index contributed by atoms with van der Waals surface area (Å²) in [4.78, 5) is 15.3. The smallest absolute Gasteiger partial charge is 0.222 e. The number of aliphatic hydroxyl groups is 1. The number of β-amino-alcohol motifs (C(OH)–C–C–N with tert-alkyl or cyclic N) is 1. The third kappa shape index (κ3) is 3.70. The first-order valence-electron chi connectivity index (χ1n) is 6.80. The van der Waals surface area contributed by atoms with Crippen molar-refractivity contribution in [1.29, 1.82) is 0 Å². The first kappa shape index (κ1) is 13.9. The van der Waals surface area contributed by atoms with Crippen molar-refractivity contribution in [3.8, 4) is 0 Å². The van der Waals surface area contributed by atoms with Crippen molar-refractivity contribution in [3.63, 3.8) is 0 Å². The molecule has 0 spiro atoms. The molecule has 104 valence electrons. The number of aliphatic hydroxyl groups excluding tert-OH is 1. The van der Waals surface area contributed by atoms with Crippen LogP contribution in [0.3, 0.4) is 0 Å². The van der Waals surface area contributed by atoms with Crippen molar-refractivity contribution in [2.75, 3.05) is 31.6 Å². The van der Waals surface area contributed by atoms with Gasteiger partial charge in [-0.2, -0.15) is 0 Å². The highest BCUT2D eigenvalue weighted by Gasteiger charge is 2.23. The largest absolute Gasteiger partial charge is 0.389 e. The summed E-state index contributed by atoms with van der Waals surface area (Å²) in [6, 6.07) is 8.18. The van der Waals surface area contributed by atoms with Crippen LogP contribution in [0.15, 0.2) is 24.3 Å². The number of aryl methyl sites for hydroxylation is 1. The predicted octanol–water partition coefficient (Wildman–Crippen LogP) is 1.41. The van der Waals surface area contributed by atoms with Gasteiger partial charge < -0.3 is 14.9 Å². The van der Waals surface area contributed by atoms with Crippen LogP contribution in [-0.4, -0.2) is 48.7 Å². The average molecular weight is 262 g/mol. The number of anilines is 1. The van der Waals surface area contributed by atoms with Gasteiger partial charge in [0.05, 0.1) is 6.10 Å². The Balaban J connectivity index is 1.87. The highest BCUT2D eigenvalue weighted by molar-refractivity contribution is 5.78. The fourth-order valence-electron chi connectivity index (χ4n) is 2.50. The van der Waals surface area contributed by atoms with Crippen LogP contribution in [0, 0.1) is 6.92 Å². The lowest BCUT2D eigenvalue weighted by molar-refractivity contribution is -0.128. The second-order valence-corrected chi connectivity index (χ2v) is 5.32. The molecule has 4 heteroatoms. The first-order valence-corrected chi connectivity index (χ1v) is 6.80. The minimum atomic E-state index is -0.507. The van der Waals surface area contributed by atoms with Crippen molar-refractivity contribution >= 4 is 11.6 Å². The lowest BCUT2D eigenvalue weighted by Gasteiger charge is -2.26. The van der Waals surface area contributed by atoms with Gasteiger partial charge in [-0.05, 0) is 31.0 Å². The predicted molar refractivity (Wildman–Crippen MR) is 76.3 cm³/mol. The maximum atomic E-state index is 11.5. The Morgan fingerprint density at radius 3 is 2.89 bits per heavy atom. The molecule has 1 atom stereocenters. The molecular formula is C15H22N2O2. The highest BCUT2D eigenvalue weighted by Crippen LogP contribution is 2.15. The number of carbonyl (C=O) groups excluding carboxylic acids is 1. The molecule has 2 rings (SSSR count). The molecule has 1 heterocycles. The zero-order valence-corrected chi connectivity index (χ0v) is 11.7. The molecule has 1 aromatic rings. The van der Waals surface area contributed by atoms with Crippen LogP contribution in [0.25, 0.3) is 0 Å². The van der Waals surface area contributed by atoms with Crippen LogP contribution in [0.1, 0.15) is 18.4 Å². The Hall–Kier alpha value is -1.55. The number of likely N-dealkylation sites (tertiary alicyclic amines) is 1. The monoisotopic (exact) mass is 262 g/mol. The van der Waals surface area contributed by atoms with Crippen LogP contribution in [0.5, 0.6) is 0 Å². The van der Waals surface area contributed by atoms with Crippen molar-refractivity contribution in [1.82, 2.24) is 4.90 Å². The number of nitrogens with zero attached hydrogens (tertiary/aromatic N) is 2. The lowest BCUT2D eigenvalue weighted by atomic mass is 10.2. The van der Waals surface area contributed by atoms with E-state index in [1.54, 1.807) is 4.90 Å². The molecule has 1 N–H and O–H groups in total. The SMILES string of the molecule is Cc1cccc(N(C)CC(O)CN2CCCC2=O)c1. The van der Waals surface area contributed by atoms with Gasteiger partial charge in [0.2, 0.25) is 5.91 Å². The Bertz CT molecular complexity index is 448.